The predicted molar refractivity (Wildman–Crippen MR) is 89.0 cm³/mol. The molecule has 1 N–H and O–H groups in total. The van der Waals surface area contributed by atoms with Crippen LogP contribution in [0.1, 0.15) is 65.7 Å². The van der Waals surface area contributed by atoms with Crippen LogP contribution in [0.25, 0.3) is 0 Å². The third-order valence-corrected chi connectivity index (χ3v) is 7.39. The monoisotopic (exact) mass is 288 g/mol. The normalized spacial score (nSPS) is 46.0. The first kappa shape index (κ1) is 15.3. The molecule has 5 atom stereocenters. The van der Waals surface area contributed by atoms with Gasteiger partial charge >= 0.3 is 0 Å². The van der Waals surface area contributed by atoms with Crippen LogP contribution in [0.15, 0.2) is 23.8 Å². The molecule has 1 unspecified atom stereocenters. The molecule has 0 radical (unpaired) electrons. The summed E-state index contributed by atoms with van der Waals surface area (Å²) in [5.41, 5.74) is 3.98. The fourth-order valence-electron chi connectivity index (χ4n) is 5.95. The Morgan fingerprint density at radius 1 is 1.33 bits per heavy atom. The molecule has 0 aliphatic heterocycles. The Bertz CT molecular complexity index is 462. The Morgan fingerprint density at radius 3 is 2.81 bits per heavy atom. The fraction of sp³-hybridized carbons (Fsp3) is 0.800. The summed E-state index contributed by atoms with van der Waals surface area (Å²) in [5, 5.41) is 9.04. The second-order valence-electron chi connectivity index (χ2n) is 8.53. The molecule has 3 aliphatic carbocycles. The number of aliphatic hydroxyl groups excluding tert-OH is 1. The second kappa shape index (κ2) is 5.26. The highest BCUT2D eigenvalue weighted by Gasteiger charge is 2.64. The molecule has 0 bridgehead atoms. The van der Waals surface area contributed by atoms with Crippen molar-refractivity contribution >= 4 is 0 Å². The molecule has 1 heteroatoms. The number of allylic oxidation sites excluding steroid dienone is 2. The highest BCUT2D eigenvalue weighted by molar-refractivity contribution is 5.21. The zero-order chi connectivity index (χ0) is 15.3. The van der Waals surface area contributed by atoms with Crippen LogP contribution in [0.4, 0.5) is 0 Å². The quantitative estimate of drug-likeness (QED) is 0.712. The first-order valence-electron chi connectivity index (χ1n) is 8.86. The molecule has 3 rings (SSSR count). The Kier molecular flexibility index (Phi) is 3.84. The lowest BCUT2D eigenvalue weighted by Crippen LogP contribution is -2.46. The van der Waals surface area contributed by atoms with Gasteiger partial charge in [-0.15, -0.1) is 0 Å². The van der Waals surface area contributed by atoms with E-state index in [0.29, 0.717) is 16.7 Å². The van der Waals surface area contributed by atoms with Crippen LogP contribution >= 0.6 is 0 Å². The van der Waals surface area contributed by atoms with Crippen LogP contribution in [0, 0.1) is 28.6 Å². The number of rotatable bonds is 4. The Morgan fingerprint density at radius 2 is 2.10 bits per heavy atom. The van der Waals surface area contributed by atoms with Gasteiger partial charge in [0.15, 0.2) is 0 Å². The molecular formula is C20H32O. The molecule has 21 heavy (non-hydrogen) atoms. The molecule has 0 spiro atoms. The van der Waals surface area contributed by atoms with E-state index in [1.54, 1.807) is 0 Å². The van der Waals surface area contributed by atoms with Gasteiger partial charge in [-0.1, -0.05) is 37.6 Å². The first-order chi connectivity index (χ1) is 9.91. The summed E-state index contributed by atoms with van der Waals surface area (Å²) in [4.78, 5) is 0. The van der Waals surface area contributed by atoms with Crippen LogP contribution in [0.5, 0.6) is 0 Å². The molecule has 3 saturated carbocycles. The van der Waals surface area contributed by atoms with Crippen molar-refractivity contribution in [2.45, 2.75) is 65.7 Å². The maximum atomic E-state index is 9.04. The molecule has 3 fully saturated rings. The molecule has 0 heterocycles. The molecule has 0 amide bonds. The first-order valence-corrected chi connectivity index (χ1v) is 8.86. The molecule has 1 nitrogen and oxygen atoms in total. The van der Waals surface area contributed by atoms with Crippen molar-refractivity contribution < 1.29 is 5.11 Å². The molecule has 0 saturated heterocycles. The summed E-state index contributed by atoms with van der Waals surface area (Å²) in [6.45, 7) is 11.9. The van der Waals surface area contributed by atoms with Gasteiger partial charge in [-0.25, -0.2) is 0 Å². The third-order valence-electron chi connectivity index (χ3n) is 7.39. The molecule has 0 aromatic heterocycles. The topological polar surface area (TPSA) is 20.2 Å². The molecule has 3 aliphatic rings. The summed E-state index contributed by atoms with van der Waals surface area (Å²) in [5.74, 6) is 2.64. The molecular weight excluding hydrogens is 256 g/mol. The van der Waals surface area contributed by atoms with Crippen molar-refractivity contribution in [1.29, 1.82) is 0 Å². The van der Waals surface area contributed by atoms with E-state index in [2.05, 4.69) is 27.4 Å². The highest BCUT2D eigenvalue weighted by atomic mass is 16.2. The van der Waals surface area contributed by atoms with Crippen LogP contribution < -0.4 is 0 Å². The van der Waals surface area contributed by atoms with E-state index in [0.717, 1.165) is 18.3 Å². The average Bonchev–Trinajstić information content (AvgIpc) is 3.09. The minimum absolute atomic E-state index is 0.178. The highest BCUT2D eigenvalue weighted by Crippen LogP contribution is 2.73. The van der Waals surface area contributed by atoms with E-state index in [4.69, 9.17) is 5.11 Å². The Hall–Kier alpha value is -0.560. The van der Waals surface area contributed by atoms with Crippen LogP contribution in [0.2, 0.25) is 0 Å². The second-order valence-corrected chi connectivity index (χ2v) is 8.53. The summed E-state index contributed by atoms with van der Waals surface area (Å²) in [6, 6.07) is 0. The minimum Gasteiger partial charge on any atom is -0.392 e. The smallest absolute Gasteiger partial charge is 0.0614 e. The van der Waals surface area contributed by atoms with Gasteiger partial charge in [0, 0.05) is 0 Å². The van der Waals surface area contributed by atoms with Gasteiger partial charge in [-0.2, -0.15) is 0 Å². The SMILES string of the molecule is C=C1CC[C@H]2C(C)(CC[C@@H]3C[C@@]32C)[C@H]1CC/C(C)=C/CO. The van der Waals surface area contributed by atoms with Gasteiger partial charge < -0.3 is 5.11 Å². The lowest BCUT2D eigenvalue weighted by molar-refractivity contribution is -0.0152. The van der Waals surface area contributed by atoms with Crippen molar-refractivity contribution in [2.75, 3.05) is 6.61 Å². The molecule has 118 valence electrons. The van der Waals surface area contributed by atoms with E-state index in [9.17, 15) is 0 Å². The number of hydrogen-bond donors (Lipinski definition) is 1. The van der Waals surface area contributed by atoms with Crippen molar-refractivity contribution in [1.82, 2.24) is 0 Å². The molecule has 0 aromatic rings. The summed E-state index contributed by atoms with van der Waals surface area (Å²) < 4.78 is 0. The number of aliphatic hydroxyl groups is 1. The Labute approximate surface area is 130 Å². The van der Waals surface area contributed by atoms with E-state index in [-0.39, 0.29) is 6.61 Å². The predicted octanol–water partition coefficient (Wildman–Crippen LogP) is 5.11. The lowest BCUT2D eigenvalue weighted by Gasteiger charge is -2.54. The van der Waals surface area contributed by atoms with Crippen molar-refractivity contribution in [3.63, 3.8) is 0 Å². The van der Waals surface area contributed by atoms with Crippen molar-refractivity contribution in [3.8, 4) is 0 Å². The van der Waals surface area contributed by atoms with Crippen LogP contribution in [-0.4, -0.2) is 11.7 Å². The lowest BCUT2D eigenvalue weighted by atomic mass is 9.50. The summed E-state index contributed by atoms with van der Waals surface area (Å²) >= 11 is 0. The summed E-state index contributed by atoms with van der Waals surface area (Å²) in [6.07, 6.45) is 11.3. The zero-order valence-corrected chi connectivity index (χ0v) is 14.1. The van der Waals surface area contributed by atoms with Gasteiger partial charge in [0.2, 0.25) is 0 Å². The van der Waals surface area contributed by atoms with Crippen LogP contribution in [-0.2, 0) is 0 Å². The standard InChI is InChI=1S/C20H32O/c1-14(10-12-21)5-7-17-15(2)6-8-18-19(17,3)11-9-16-13-20(16,18)4/h10,16-18,21H,2,5-9,11-13H2,1,3-4H3/b14-10+/t16-,17+,18+,19?,20+/m1/s1. The maximum absolute atomic E-state index is 9.04. The van der Waals surface area contributed by atoms with Gasteiger partial charge in [0.1, 0.15) is 0 Å². The zero-order valence-electron chi connectivity index (χ0n) is 14.1. The van der Waals surface area contributed by atoms with Crippen LogP contribution in [0.3, 0.4) is 0 Å². The molecule has 0 aromatic carbocycles. The average molecular weight is 288 g/mol. The van der Waals surface area contributed by atoms with Gasteiger partial charge in [0.05, 0.1) is 6.61 Å². The van der Waals surface area contributed by atoms with Gasteiger partial charge in [0.25, 0.3) is 0 Å². The van der Waals surface area contributed by atoms with E-state index in [1.807, 2.05) is 6.08 Å². The fourth-order valence-corrected chi connectivity index (χ4v) is 5.95. The van der Waals surface area contributed by atoms with Crippen molar-refractivity contribution in [2.24, 2.45) is 28.6 Å². The van der Waals surface area contributed by atoms with Gasteiger partial charge in [-0.05, 0) is 80.5 Å². The van der Waals surface area contributed by atoms with Crippen molar-refractivity contribution in [3.05, 3.63) is 23.8 Å². The van der Waals surface area contributed by atoms with E-state index < -0.39 is 0 Å². The maximum Gasteiger partial charge on any atom is 0.0614 e. The van der Waals surface area contributed by atoms with E-state index >= 15 is 0 Å². The number of hydrogen-bond acceptors (Lipinski definition) is 1. The largest absolute Gasteiger partial charge is 0.392 e. The van der Waals surface area contributed by atoms with E-state index in [1.165, 1.54) is 49.7 Å². The number of fused-ring (bicyclic) bond motifs is 3. The Balaban J connectivity index is 1.77. The summed E-state index contributed by atoms with van der Waals surface area (Å²) in [7, 11) is 0. The third kappa shape index (κ3) is 2.42. The van der Waals surface area contributed by atoms with Gasteiger partial charge in [-0.3, -0.25) is 0 Å². The minimum atomic E-state index is 0.178.